The van der Waals surface area contributed by atoms with Crippen LogP contribution in [0.1, 0.15) is 37.7 Å². The van der Waals surface area contributed by atoms with Crippen molar-refractivity contribution in [3.05, 3.63) is 29.8 Å². The van der Waals surface area contributed by atoms with Gasteiger partial charge in [-0.05, 0) is 49.8 Å². The Morgan fingerprint density at radius 2 is 1.84 bits per heavy atom. The van der Waals surface area contributed by atoms with Crippen LogP contribution in [0, 0.1) is 0 Å². The van der Waals surface area contributed by atoms with E-state index < -0.39 is 0 Å². The van der Waals surface area contributed by atoms with E-state index in [4.69, 9.17) is 10.5 Å². The van der Waals surface area contributed by atoms with Crippen LogP contribution in [-0.2, 0) is 6.54 Å². The summed E-state index contributed by atoms with van der Waals surface area (Å²) in [5.41, 5.74) is 7.29. The summed E-state index contributed by atoms with van der Waals surface area (Å²) in [5.74, 6) is 1.02. The van der Waals surface area contributed by atoms with Crippen molar-refractivity contribution < 1.29 is 4.74 Å². The molecule has 2 N–H and O–H groups in total. The lowest BCUT2D eigenvalue weighted by atomic mass is 10.2. The highest BCUT2D eigenvalue weighted by Gasteiger charge is 2.19. The number of ether oxygens (including phenoxy) is 1. The van der Waals surface area contributed by atoms with Crippen LogP contribution in [0.15, 0.2) is 24.3 Å². The summed E-state index contributed by atoms with van der Waals surface area (Å²) < 4.78 is 5.98. The van der Waals surface area contributed by atoms with Crippen LogP contribution in [-0.4, -0.2) is 30.1 Å². The van der Waals surface area contributed by atoms with E-state index in [1.165, 1.54) is 31.2 Å². The minimum Gasteiger partial charge on any atom is -0.490 e. The molecule has 3 nitrogen and oxygen atoms in total. The molecule has 1 saturated heterocycles. The normalized spacial score (nSPS) is 25.0. The summed E-state index contributed by atoms with van der Waals surface area (Å²) in [6, 6.07) is 8.97. The third-order valence-electron chi connectivity index (χ3n) is 4.24. The quantitative estimate of drug-likeness (QED) is 0.904. The van der Waals surface area contributed by atoms with Crippen LogP contribution in [0.5, 0.6) is 5.75 Å². The Hall–Kier alpha value is -1.06. The molecule has 1 saturated carbocycles. The first-order valence-electron chi connectivity index (χ1n) is 7.53. The lowest BCUT2D eigenvalue weighted by Crippen LogP contribution is -2.26. The van der Waals surface area contributed by atoms with E-state index in [0.29, 0.717) is 12.1 Å². The molecule has 0 amide bonds. The van der Waals surface area contributed by atoms with Crippen LogP contribution < -0.4 is 10.5 Å². The van der Waals surface area contributed by atoms with Gasteiger partial charge in [0.2, 0.25) is 0 Å². The Kier molecular flexibility index (Phi) is 4.04. The Labute approximate surface area is 115 Å². The number of nitrogens with zero attached hydrogens (tertiary/aromatic N) is 1. The van der Waals surface area contributed by atoms with Crippen molar-refractivity contribution >= 4 is 0 Å². The van der Waals surface area contributed by atoms with E-state index >= 15 is 0 Å². The lowest BCUT2D eigenvalue weighted by Gasteiger charge is -2.16. The molecule has 19 heavy (non-hydrogen) atoms. The second-order valence-electron chi connectivity index (χ2n) is 5.95. The molecule has 1 aromatic carbocycles. The number of hydrogen-bond acceptors (Lipinski definition) is 3. The second kappa shape index (κ2) is 5.93. The van der Waals surface area contributed by atoms with Gasteiger partial charge in [-0.15, -0.1) is 0 Å². The Morgan fingerprint density at radius 3 is 2.47 bits per heavy atom. The molecule has 1 atom stereocenters. The maximum absolute atomic E-state index is 5.98. The SMILES string of the molecule is N[C@@H]1CCN(Cc2ccc(OC3CCCC3)cc2)C1. The van der Waals surface area contributed by atoms with Crippen LogP contribution in [0.25, 0.3) is 0 Å². The fraction of sp³-hybridized carbons (Fsp3) is 0.625. The predicted octanol–water partition coefficient (Wildman–Crippen LogP) is 2.54. The van der Waals surface area contributed by atoms with E-state index in [9.17, 15) is 0 Å². The Bertz CT molecular complexity index is 398. The number of benzene rings is 1. The first-order valence-corrected chi connectivity index (χ1v) is 7.53. The summed E-state index contributed by atoms with van der Waals surface area (Å²) in [6.45, 7) is 3.17. The smallest absolute Gasteiger partial charge is 0.119 e. The highest BCUT2D eigenvalue weighted by molar-refractivity contribution is 5.27. The van der Waals surface area contributed by atoms with Gasteiger partial charge >= 0.3 is 0 Å². The van der Waals surface area contributed by atoms with Crippen LogP contribution in [0.2, 0.25) is 0 Å². The average molecular weight is 260 g/mol. The largest absolute Gasteiger partial charge is 0.490 e. The van der Waals surface area contributed by atoms with E-state index in [2.05, 4.69) is 29.2 Å². The molecule has 0 radical (unpaired) electrons. The molecule has 2 fully saturated rings. The van der Waals surface area contributed by atoms with Gasteiger partial charge in [0.15, 0.2) is 0 Å². The van der Waals surface area contributed by atoms with Gasteiger partial charge in [0.05, 0.1) is 6.10 Å². The monoisotopic (exact) mass is 260 g/mol. The van der Waals surface area contributed by atoms with Crippen molar-refractivity contribution in [3.63, 3.8) is 0 Å². The molecule has 1 aliphatic carbocycles. The zero-order valence-corrected chi connectivity index (χ0v) is 11.6. The molecule has 0 unspecified atom stereocenters. The summed E-state index contributed by atoms with van der Waals surface area (Å²) in [7, 11) is 0. The first-order chi connectivity index (χ1) is 9.29. The number of likely N-dealkylation sites (tertiary alicyclic amines) is 1. The summed E-state index contributed by atoms with van der Waals surface area (Å²) in [6.07, 6.45) is 6.64. The van der Waals surface area contributed by atoms with Crippen molar-refractivity contribution in [2.45, 2.75) is 50.8 Å². The molecule has 104 valence electrons. The van der Waals surface area contributed by atoms with Crippen molar-refractivity contribution in [3.8, 4) is 5.75 Å². The van der Waals surface area contributed by atoms with Crippen molar-refractivity contribution in [2.24, 2.45) is 5.73 Å². The first kappa shape index (κ1) is 12.9. The van der Waals surface area contributed by atoms with E-state index in [1.54, 1.807) is 0 Å². The fourth-order valence-corrected chi connectivity index (χ4v) is 3.14. The minimum atomic E-state index is 0.366. The Morgan fingerprint density at radius 1 is 1.11 bits per heavy atom. The number of hydrogen-bond donors (Lipinski definition) is 1. The van der Waals surface area contributed by atoms with Crippen molar-refractivity contribution in [1.82, 2.24) is 4.90 Å². The van der Waals surface area contributed by atoms with E-state index in [-0.39, 0.29) is 0 Å². The molecule has 0 bridgehead atoms. The molecule has 1 aromatic rings. The van der Waals surface area contributed by atoms with Gasteiger partial charge in [-0.25, -0.2) is 0 Å². The molecular formula is C16H24N2O. The maximum Gasteiger partial charge on any atom is 0.119 e. The van der Waals surface area contributed by atoms with Crippen molar-refractivity contribution in [2.75, 3.05) is 13.1 Å². The van der Waals surface area contributed by atoms with Gasteiger partial charge < -0.3 is 10.5 Å². The van der Waals surface area contributed by atoms with Crippen LogP contribution in [0.4, 0.5) is 0 Å². The van der Waals surface area contributed by atoms with Crippen LogP contribution in [0.3, 0.4) is 0 Å². The van der Waals surface area contributed by atoms with Gasteiger partial charge in [0.25, 0.3) is 0 Å². The zero-order valence-electron chi connectivity index (χ0n) is 11.6. The molecule has 1 aliphatic heterocycles. The number of rotatable bonds is 4. The third-order valence-corrected chi connectivity index (χ3v) is 4.24. The minimum absolute atomic E-state index is 0.366. The van der Waals surface area contributed by atoms with Gasteiger partial charge in [-0.3, -0.25) is 4.90 Å². The average Bonchev–Trinajstić information content (AvgIpc) is 3.04. The third kappa shape index (κ3) is 3.48. The maximum atomic E-state index is 5.98. The van der Waals surface area contributed by atoms with Gasteiger partial charge in [0.1, 0.15) is 5.75 Å². The van der Waals surface area contributed by atoms with Gasteiger partial charge in [-0.2, -0.15) is 0 Å². The molecule has 2 aliphatic rings. The highest BCUT2D eigenvalue weighted by Crippen LogP contribution is 2.24. The fourth-order valence-electron chi connectivity index (χ4n) is 3.14. The number of nitrogens with two attached hydrogens (primary N) is 1. The second-order valence-corrected chi connectivity index (χ2v) is 5.95. The van der Waals surface area contributed by atoms with E-state index in [1.807, 2.05) is 0 Å². The molecule has 3 rings (SSSR count). The van der Waals surface area contributed by atoms with Crippen LogP contribution >= 0.6 is 0 Å². The standard InChI is InChI=1S/C16H24N2O/c17-14-9-10-18(12-14)11-13-5-7-16(8-6-13)19-15-3-1-2-4-15/h5-8,14-15H,1-4,9-12,17H2/t14-/m1/s1. The predicted molar refractivity (Wildman–Crippen MR) is 77.2 cm³/mol. The van der Waals surface area contributed by atoms with Gasteiger partial charge in [-0.1, -0.05) is 12.1 Å². The molecule has 3 heteroatoms. The molecule has 1 heterocycles. The van der Waals surface area contributed by atoms with Crippen molar-refractivity contribution in [1.29, 1.82) is 0 Å². The zero-order chi connectivity index (χ0) is 13.1. The van der Waals surface area contributed by atoms with E-state index in [0.717, 1.165) is 31.8 Å². The summed E-state index contributed by atoms with van der Waals surface area (Å²) in [4.78, 5) is 2.43. The summed E-state index contributed by atoms with van der Waals surface area (Å²) in [5, 5.41) is 0. The lowest BCUT2D eigenvalue weighted by molar-refractivity contribution is 0.210. The van der Waals surface area contributed by atoms with Gasteiger partial charge in [0, 0.05) is 25.7 Å². The Balaban J connectivity index is 1.53. The molecule has 0 aromatic heterocycles. The highest BCUT2D eigenvalue weighted by atomic mass is 16.5. The molecular weight excluding hydrogens is 236 g/mol. The topological polar surface area (TPSA) is 38.5 Å². The molecule has 0 spiro atoms. The summed E-state index contributed by atoms with van der Waals surface area (Å²) >= 11 is 0.